The third-order valence-electron chi connectivity index (χ3n) is 2.10. The van der Waals surface area contributed by atoms with Crippen molar-refractivity contribution in [3.63, 3.8) is 0 Å². The molecule has 0 atom stereocenters. The number of aromatic amines is 1. The molecule has 2 N–H and O–H groups in total. The van der Waals surface area contributed by atoms with Gasteiger partial charge < -0.3 is 5.32 Å². The first-order valence-electron chi connectivity index (χ1n) is 4.57. The lowest BCUT2D eigenvalue weighted by atomic mass is 10.2. The highest BCUT2D eigenvalue weighted by atomic mass is 16.1. The number of aromatic nitrogens is 2. The molecular formula is C9H15N3O2. The third kappa shape index (κ3) is 2.04. The third-order valence-corrected chi connectivity index (χ3v) is 2.10. The molecule has 1 heterocycles. The second-order valence-corrected chi connectivity index (χ2v) is 3.20. The second-order valence-electron chi connectivity index (χ2n) is 3.20. The molecule has 1 aromatic heterocycles. The topological polar surface area (TPSA) is 66.9 Å². The SMILES string of the molecule is CCc1[nH]n(C)c(=O)c1CNC(C)=O. The van der Waals surface area contributed by atoms with Gasteiger partial charge >= 0.3 is 0 Å². The van der Waals surface area contributed by atoms with Crippen LogP contribution >= 0.6 is 0 Å². The van der Waals surface area contributed by atoms with Crippen LogP contribution in [0, 0.1) is 0 Å². The van der Waals surface area contributed by atoms with E-state index in [1.54, 1.807) is 7.05 Å². The van der Waals surface area contributed by atoms with Gasteiger partial charge in [-0.3, -0.25) is 19.4 Å². The summed E-state index contributed by atoms with van der Waals surface area (Å²) in [7, 11) is 1.67. The molecule has 1 aromatic rings. The summed E-state index contributed by atoms with van der Waals surface area (Å²) in [6.45, 7) is 3.69. The molecule has 0 aliphatic carbocycles. The van der Waals surface area contributed by atoms with Gasteiger partial charge in [-0.25, -0.2) is 0 Å². The van der Waals surface area contributed by atoms with E-state index in [1.807, 2.05) is 6.92 Å². The molecule has 0 aromatic carbocycles. The monoisotopic (exact) mass is 197 g/mol. The Bertz CT molecular complexity index is 389. The van der Waals surface area contributed by atoms with Crippen LogP contribution in [0.4, 0.5) is 0 Å². The second kappa shape index (κ2) is 4.13. The summed E-state index contributed by atoms with van der Waals surface area (Å²) >= 11 is 0. The van der Waals surface area contributed by atoms with Crippen LogP contribution in [0.25, 0.3) is 0 Å². The van der Waals surface area contributed by atoms with Gasteiger partial charge in [0.25, 0.3) is 5.56 Å². The minimum atomic E-state index is -0.129. The van der Waals surface area contributed by atoms with Crippen molar-refractivity contribution in [1.82, 2.24) is 15.1 Å². The van der Waals surface area contributed by atoms with E-state index >= 15 is 0 Å². The lowest BCUT2D eigenvalue weighted by molar-refractivity contribution is -0.119. The summed E-state index contributed by atoms with van der Waals surface area (Å²) < 4.78 is 1.43. The highest BCUT2D eigenvalue weighted by Gasteiger charge is 2.10. The first kappa shape index (κ1) is 10.6. The lowest BCUT2D eigenvalue weighted by Gasteiger charge is -1.99. The van der Waals surface area contributed by atoms with Crippen LogP contribution in [0.15, 0.2) is 4.79 Å². The average Bonchev–Trinajstić information content (AvgIpc) is 2.40. The van der Waals surface area contributed by atoms with Crippen LogP contribution in [0.1, 0.15) is 25.1 Å². The van der Waals surface area contributed by atoms with Gasteiger partial charge in [-0.2, -0.15) is 0 Å². The Balaban J connectivity index is 2.94. The van der Waals surface area contributed by atoms with Crippen molar-refractivity contribution in [2.75, 3.05) is 0 Å². The summed E-state index contributed by atoms with van der Waals surface area (Å²) in [5, 5.41) is 5.56. The number of nitrogens with zero attached hydrogens (tertiary/aromatic N) is 1. The maximum atomic E-state index is 11.5. The highest BCUT2D eigenvalue weighted by molar-refractivity contribution is 5.72. The van der Waals surface area contributed by atoms with Crippen molar-refractivity contribution < 1.29 is 4.79 Å². The van der Waals surface area contributed by atoms with E-state index in [4.69, 9.17) is 0 Å². The minimum absolute atomic E-state index is 0.0735. The van der Waals surface area contributed by atoms with Crippen molar-refractivity contribution in [2.45, 2.75) is 26.8 Å². The fraction of sp³-hybridized carbons (Fsp3) is 0.556. The van der Waals surface area contributed by atoms with Crippen molar-refractivity contribution in [3.8, 4) is 0 Å². The Morgan fingerprint density at radius 1 is 1.57 bits per heavy atom. The molecule has 1 amide bonds. The summed E-state index contributed by atoms with van der Waals surface area (Å²) in [6.07, 6.45) is 0.755. The molecule has 0 aliphatic rings. The van der Waals surface area contributed by atoms with Gasteiger partial charge in [0.2, 0.25) is 5.91 Å². The normalized spacial score (nSPS) is 10.2. The number of amides is 1. The van der Waals surface area contributed by atoms with Crippen LogP contribution in [-0.2, 0) is 24.8 Å². The predicted octanol–water partition coefficient (Wildman–Crippen LogP) is -0.0881. The van der Waals surface area contributed by atoms with E-state index in [1.165, 1.54) is 11.6 Å². The Kier molecular flexibility index (Phi) is 3.11. The molecule has 0 aliphatic heterocycles. The average molecular weight is 197 g/mol. The van der Waals surface area contributed by atoms with Crippen molar-refractivity contribution in [3.05, 3.63) is 21.6 Å². The molecule has 0 spiro atoms. The molecular weight excluding hydrogens is 182 g/mol. The number of nitrogens with one attached hydrogen (secondary N) is 2. The molecule has 0 saturated heterocycles. The van der Waals surface area contributed by atoms with Gasteiger partial charge in [0, 0.05) is 19.7 Å². The standard InChI is InChI=1S/C9H15N3O2/c1-4-8-7(5-10-6(2)13)9(14)12(3)11-8/h11H,4-5H2,1-3H3,(H,10,13). The van der Waals surface area contributed by atoms with Gasteiger partial charge in [-0.1, -0.05) is 6.92 Å². The van der Waals surface area contributed by atoms with Crippen LogP contribution in [0.5, 0.6) is 0 Å². The zero-order valence-corrected chi connectivity index (χ0v) is 8.68. The molecule has 5 heteroatoms. The quantitative estimate of drug-likeness (QED) is 0.711. The number of rotatable bonds is 3. The summed E-state index contributed by atoms with van der Waals surface area (Å²) in [5.74, 6) is -0.129. The van der Waals surface area contributed by atoms with Gasteiger partial charge in [-0.05, 0) is 6.42 Å². The summed E-state index contributed by atoms with van der Waals surface area (Å²) in [4.78, 5) is 22.2. The maximum Gasteiger partial charge on any atom is 0.271 e. The van der Waals surface area contributed by atoms with E-state index in [9.17, 15) is 9.59 Å². The molecule has 0 fully saturated rings. The number of hydrogen-bond donors (Lipinski definition) is 2. The Morgan fingerprint density at radius 3 is 2.71 bits per heavy atom. The molecule has 14 heavy (non-hydrogen) atoms. The molecule has 0 bridgehead atoms. The van der Waals surface area contributed by atoms with Crippen LogP contribution in [-0.4, -0.2) is 15.7 Å². The summed E-state index contributed by atoms with van der Waals surface area (Å²) in [5.41, 5.74) is 1.45. The number of carbonyl (C=O) groups excluding carboxylic acids is 1. The molecule has 0 radical (unpaired) electrons. The molecule has 0 saturated carbocycles. The summed E-state index contributed by atoms with van der Waals surface area (Å²) in [6, 6.07) is 0. The van der Waals surface area contributed by atoms with Crippen molar-refractivity contribution >= 4 is 5.91 Å². The number of carbonyl (C=O) groups is 1. The lowest BCUT2D eigenvalue weighted by Crippen LogP contribution is -2.24. The predicted molar refractivity (Wildman–Crippen MR) is 52.9 cm³/mol. The zero-order chi connectivity index (χ0) is 10.7. The van der Waals surface area contributed by atoms with Crippen molar-refractivity contribution in [1.29, 1.82) is 0 Å². The Morgan fingerprint density at radius 2 is 2.21 bits per heavy atom. The molecule has 1 rings (SSSR count). The highest BCUT2D eigenvalue weighted by Crippen LogP contribution is 2.00. The van der Waals surface area contributed by atoms with Crippen LogP contribution in [0.2, 0.25) is 0 Å². The van der Waals surface area contributed by atoms with Gasteiger partial charge in [0.05, 0.1) is 12.1 Å². The maximum absolute atomic E-state index is 11.5. The molecule has 0 unspecified atom stereocenters. The first-order valence-corrected chi connectivity index (χ1v) is 4.57. The molecule has 78 valence electrons. The smallest absolute Gasteiger partial charge is 0.271 e. The van der Waals surface area contributed by atoms with Crippen LogP contribution in [0.3, 0.4) is 0 Å². The van der Waals surface area contributed by atoms with E-state index < -0.39 is 0 Å². The minimum Gasteiger partial charge on any atom is -0.352 e. The number of H-pyrrole nitrogens is 1. The van der Waals surface area contributed by atoms with Crippen molar-refractivity contribution in [2.24, 2.45) is 7.05 Å². The number of hydrogen-bond acceptors (Lipinski definition) is 2. The Labute approximate surface area is 82.1 Å². The largest absolute Gasteiger partial charge is 0.352 e. The van der Waals surface area contributed by atoms with E-state index in [2.05, 4.69) is 10.4 Å². The van der Waals surface area contributed by atoms with E-state index in [-0.39, 0.29) is 11.5 Å². The van der Waals surface area contributed by atoms with Crippen LogP contribution < -0.4 is 10.9 Å². The Hall–Kier alpha value is -1.52. The fourth-order valence-corrected chi connectivity index (χ4v) is 1.34. The van der Waals surface area contributed by atoms with E-state index in [0.717, 1.165) is 12.1 Å². The zero-order valence-electron chi connectivity index (χ0n) is 8.68. The fourth-order valence-electron chi connectivity index (χ4n) is 1.34. The first-order chi connectivity index (χ1) is 6.56. The number of aryl methyl sites for hydroxylation is 2. The van der Waals surface area contributed by atoms with Gasteiger partial charge in [0.15, 0.2) is 0 Å². The van der Waals surface area contributed by atoms with Gasteiger partial charge in [-0.15, -0.1) is 0 Å². The molecule has 5 nitrogen and oxygen atoms in total. The van der Waals surface area contributed by atoms with Gasteiger partial charge in [0.1, 0.15) is 0 Å². The van der Waals surface area contributed by atoms with E-state index in [0.29, 0.717) is 12.1 Å².